The number of hydrogen-bond acceptors (Lipinski definition) is 3. The van der Waals surface area contributed by atoms with Gasteiger partial charge in [0.2, 0.25) is 5.91 Å². The number of pyridine rings is 1. The van der Waals surface area contributed by atoms with Gasteiger partial charge in [-0.25, -0.2) is 0 Å². The van der Waals surface area contributed by atoms with E-state index in [1.165, 1.54) is 12.3 Å². The van der Waals surface area contributed by atoms with Crippen molar-refractivity contribution in [2.24, 2.45) is 0 Å². The molecule has 2 aromatic rings. The van der Waals surface area contributed by atoms with E-state index in [2.05, 4.69) is 10.3 Å². The zero-order chi connectivity index (χ0) is 15.2. The number of aliphatic hydroxyl groups excluding tert-OH is 1. The Bertz CT molecular complexity index is 683. The quantitative estimate of drug-likeness (QED) is 0.852. The minimum Gasteiger partial charge on any atom is -0.392 e. The number of benzene rings is 1. The van der Waals surface area contributed by atoms with Crippen LogP contribution in [0.1, 0.15) is 18.1 Å². The first-order chi connectivity index (χ1) is 10.1. The predicted molar refractivity (Wildman–Crippen MR) is 83.9 cm³/mol. The fraction of sp³-hybridized carbons (Fsp3) is 0.125. The molecule has 0 saturated heterocycles. The first kappa shape index (κ1) is 15.2. The number of halogens is 1. The molecule has 1 heterocycles. The highest BCUT2D eigenvalue weighted by Gasteiger charge is 2.05. The van der Waals surface area contributed by atoms with E-state index >= 15 is 0 Å². The lowest BCUT2D eigenvalue weighted by Gasteiger charge is -2.07. The van der Waals surface area contributed by atoms with Crippen LogP contribution in [0.5, 0.6) is 0 Å². The number of nitrogens with one attached hydrogen (secondary N) is 1. The van der Waals surface area contributed by atoms with Crippen LogP contribution in [0.4, 0.5) is 5.69 Å². The first-order valence-corrected chi connectivity index (χ1v) is 6.77. The summed E-state index contributed by atoms with van der Waals surface area (Å²) < 4.78 is 0. The molecule has 0 radical (unpaired) electrons. The molecule has 5 heteroatoms. The highest BCUT2D eigenvalue weighted by molar-refractivity contribution is 6.30. The van der Waals surface area contributed by atoms with Crippen molar-refractivity contribution >= 4 is 28.8 Å². The second-order valence-corrected chi connectivity index (χ2v) is 4.95. The standard InChI is InChI=1S/C16H15ClN2O2/c1-11(12-3-2-4-14(17)8-12)7-16(21)19-15-9-18-6-5-13(15)10-20/h2-9,20H,10H2,1H3,(H,19,21)/b11-7-. The SMILES string of the molecule is C/C(=C/C(=O)Nc1cnccc1CO)c1cccc(Cl)c1. The summed E-state index contributed by atoms with van der Waals surface area (Å²) in [6.45, 7) is 1.68. The molecule has 21 heavy (non-hydrogen) atoms. The van der Waals surface area contributed by atoms with Crippen molar-refractivity contribution in [3.8, 4) is 0 Å². The number of rotatable bonds is 4. The van der Waals surface area contributed by atoms with Crippen LogP contribution in [-0.2, 0) is 11.4 Å². The van der Waals surface area contributed by atoms with Gasteiger partial charge in [-0.3, -0.25) is 9.78 Å². The Balaban J connectivity index is 2.15. The number of allylic oxidation sites excluding steroid dienone is 1. The lowest BCUT2D eigenvalue weighted by molar-refractivity contribution is -0.111. The van der Waals surface area contributed by atoms with Crippen LogP contribution in [-0.4, -0.2) is 16.0 Å². The van der Waals surface area contributed by atoms with Crippen LogP contribution in [0, 0.1) is 0 Å². The molecule has 0 aliphatic rings. The molecule has 0 bridgehead atoms. The van der Waals surface area contributed by atoms with E-state index in [9.17, 15) is 9.90 Å². The number of amides is 1. The lowest BCUT2D eigenvalue weighted by Crippen LogP contribution is -2.10. The molecule has 4 nitrogen and oxygen atoms in total. The number of anilines is 1. The Labute approximate surface area is 128 Å². The van der Waals surface area contributed by atoms with Gasteiger partial charge in [-0.05, 0) is 36.3 Å². The third kappa shape index (κ3) is 4.15. The summed E-state index contributed by atoms with van der Waals surface area (Å²) in [5.74, 6) is -0.282. The van der Waals surface area contributed by atoms with Crippen LogP contribution in [0.15, 0.2) is 48.8 Å². The van der Waals surface area contributed by atoms with Gasteiger partial charge >= 0.3 is 0 Å². The highest BCUT2D eigenvalue weighted by Crippen LogP contribution is 2.19. The number of hydrogen-bond donors (Lipinski definition) is 2. The van der Waals surface area contributed by atoms with Gasteiger partial charge in [-0.1, -0.05) is 23.7 Å². The molecule has 0 aliphatic heterocycles. The maximum Gasteiger partial charge on any atom is 0.248 e. The number of carbonyl (C=O) groups excluding carboxylic acids is 1. The zero-order valence-corrected chi connectivity index (χ0v) is 12.3. The topological polar surface area (TPSA) is 62.2 Å². The molecule has 0 spiro atoms. The van der Waals surface area contributed by atoms with E-state index in [4.69, 9.17) is 11.6 Å². The van der Waals surface area contributed by atoms with E-state index < -0.39 is 0 Å². The van der Waals surface area contributed by atoms with Crippen LogP contribution >= 0.6 is 11.6 Å². The Morgan fingerprint density at radius 3 is 2.95 bits per heavy atom. The minimum atomic E-state index is -0.282. The van der Waals surface area contributed by atoms with Crippen molar-refractivity contribution in [2.75, 3.05) is 5.32 Å². The normalized spacial score (nSPS) is 11.3. The van der Waals surface area contributed by atoms with Crippen LogP contribution in [0.2, 0.25) is 5.02 Å². The number of aliphatic hydroxyl groups is 1. The van der Waals surface area contributed by atoms with Gasteiger partial charge in [-0.15, -0.1) is 0 Å². The summed E-state index contributed by atoms with van der Waals surface area (Å²) in [5, 5.41) is 12.5. The van der Waals surface area contributed by atoms with Gasteiger partial charge in [0.05, 0.1) is 18.5 Å². The molecule has 1 aromatic heterocycles. The van der Waals surface area contributed by atoms with Crippen LogP contribution < -0.4 is 5.32 Å². The molecule has 0 unspecified atom stereocenters. The maximum atomic E-state index is 12.0. The molecule has 108 valence electrons. The van der Waals surface area contributed by atoms with E-state index in [0.717, 1.165) is 11.1 Å². The van der Waals surface area contributed by atoms with E-state index in [0.29, 0.717) is 16.3 Å². The summed E-state index contributed by atoms with van der Waals surface area (Å²) in [4.78, 5) is 16.0. The van der Waals surface area contributed by atoms with Gasteiger partial charge in [-0.2, -0.15) is 0 Å². The second-order valence-electron chi connectivity index (χ2n) is 4.52. The summed E-state index contributed by atoms with van der Waals surface area (Å²) >= 11 is 5.93. The average Bonchev–Trinajstić information content (AvgIpc) is 2.47. The Hall–Kier alpha value is -2.17. The van der Waals surface area contributed by atoms with Crippen molar-refractivity contribution in [2.45, 2.75) is 13.5 Å². The van der Waals surface area contributed by atoms with Gasteiger partial charge < -0.3 is 10.4 Å². The fourth-order valence-electron chi connectivity index (χ4n) is 1.86. The number of aromatic nitrogens is 1. The van der Waals surface area contributed by atoms with Crippen molar-refractivity contribution in [3.05, 3.63) is 65.0 Å². The van der Waals surface area contributed by atoms with E-state index in [-0.39, 0.29) is 12.5 Å². The summed E-state index contributed by atoms with van der Waals surface area (Å²) in [6.07, 6.45) is 4.56. The Kier molecular flexibility index (Phi) is 5.09. The average molecular weight is 303 g/mol. The summed E-state index contributed by atoms with van der Waals surface area (Å²) in [5.41, 5.74) is 2.79. The second kappa shape index (κ2) is 7.02. The molecule has 1 aromatic carbocycles. The number of carbonyl (C=O) groups is 1. The van der Waals surface area contributed by atoms with Crippen LogP contribution in [0.25, 0.3) is 5.57 Å². The molecule has 0 aliphatic carbocycles. The monoisotopic (exact) mass is 302 g/mol. The molecule has 0 atom stereocenters. The molecule has 1 amide bonds. The molecule has 0 fully saturated rings. The third-order valence-corrected chi connectivity index (χ3v) is 3.20. The molecule has 0 saturated carbocycles. The van der Waals surface area contributed by atoms with Crippen molar-refractivity contribution in [1.82, 2.24) is 4.98 Å². The largest absolute Gasteiger partial charge is 0.392 e. The lowest BCUT2D eigenvalue weighted by atomic mass is 10.1. The highest BCUT2D eigenvalue weighted by atomic mass is 35.5. The summed E-state index contributed by atoms with van der Waals surface area (Å²) in [6, 6.07) is 8.95. The van der Waals surface area contributed by atoms with E-state index in [1.54, 1.807) is 24.4 Å². The van der Waals surface area contributed by atoms with Crippen molar-refractivity contribution < 1.29 is 9.90 Å². The minimum absolute atomic E-state index is 0.158. The van der Waals surface area contributed by atoms with Gasteiger partial charge in [0, 0.05) is 22.9 Å². The molecule has 2 rings (SSSR count). The first-order valence-electron chi connectivity index (χ1n) is 6.39. The Morgan fingerprint density at radius 1 is 1.43 bits per heavy atom. The zero-order valence-electron chi connectivity index (χ0n) is 11.5. The van der Waals surface area contributed by atoms with Crippen molar-refractivity contribution in [3.63, 3.8) is 0 Å². The number of nitrogens with zero attached hydrogens (tertiary/aromatic N) is 1. The van der Waals surface area contributed by atoms with Crippen LogP contribution in [0.3, 0.4) is 0 Å². The van der Waals surface area contributed by atoms with Gasteiger partial charge in [0.15, 0.2) is 0 Å². The third-order valence-electron chi connectivity index (χ3n) is 2.97. The maximum absolute atomic E-state index is 12.0. The van der Waals surface area contributed by atoms with E-state index in [1.807, 2.05) is 19.1 Å². The molecular weight excluding hydrogens is 288 g/mol. The fourth-order valence-corrected chi connectivity index (χ4v) is 2.05. The van der Waals surface area contributed by atoms with Crippen molar-refractivity contribution in [1.29, 1.82) is 0 Å². The summed E-state index contributed by atoms with van der Waals surface area (Å²) in [7, 11) is 0. The molecule has 2 N–H and O–H groups in total. The van der Waals surface area contributed by atoms with Gasteiger partial charge in [0.25, 0.3) is 0 Å². The predicted octanol–water partition coefficient (Wildman–Crippen LogP) is 3.27. The molecular formula is C16H15ClN2O2. The Morgan fingerprint density at radius 2 is 2.24 bits per heavy atom. The van der Waals surface area contributed by atoms with Gasteiger partial charge in [0.1, 0.15) is 0 Å². The smallest absolute Gasteiger partial charge is 0.248 e.